The van der Waals surface area contributed by atoms with E-state index in [2.05, 4.69) is 52.5 Å². The van der Waals surface area contributed by atoms with E-state index in [1.807, 2.05) is 13.8 Å². The third kappa shape index (κ3) is 31.6. The normalized spacial score (nSPS) is 16.8. The molecule has 1 aromatic carbocycles. The van der Waals surface area contributed by atoms with Gasteiger partial charge in [-0.25, -0.2) is 4.79 Å². The number of hydrogen-bond acceptors (Lipinski definition) is 22. The molecule has 12 amide bonds. The molecule has 600 valence electrons. The first-order chi connectivity index (χ1) is 49.2. The van der Waals surface area contributed by atoms with Crippen LogP contribution in [0.5, 0.6) is 5.75 Å². The van der Waals surface area contributed by atoms with Crippen molar-refractivity contribution in [2.45, 2.75) is 231 Å². The number of rotatable bonds is 48. The Morgan fingerprint density at radius 3 is 1.44 bits per heavy atom. The monoisotopic (exact) mass is 1510 g/mol. The first kappa shape index (κ1) is 94.4. The zero-order chi connectivity index (χ0) is 81.5. The maximum absolute atomic E-state index is 14.8. The number of aliphatic hydroxyl groups excluding tert-OH is 5. The Balaban J connectivity index is 3.78. The predicted molar refractivity (Wildman–Crippen MR) is 385 cm³/mol. The topological polar surface area (TPSA) is 656 Å². The lowest BCUT2D eigenvalue weighted by Gasteiger charge is -2.35. The summed E-state index contributed by atoms with van der Waals surface area (Å²) in [4.78, 5) is 188. The van der Waals surface area contributed by atoms with E-state index < -0.39 is 211 Å². The third-order valence-electron chi connectivity index (χ3n) is 17.5. The fourth-order valence-corrected chi connectivity index (χ4v) is 11.3. The average Bonchev–Trinajstić information content (AvgIpc) is 0.797. The number of carbonyl (C=O) groups excluding carboxylic acids is 12. The number of likely N-dealkylation sites (N-methyl/N-ethyl adjacent to an activating group) is 2. The van der Waals surface area contributed by atoms with Gasteiger partial charge in [0, 0.05) is 47.1 Å². The Hall–Kier alpha value is -9.57. The number of primary amides is 2. The number of ether oxygens (including phenoxy) is 1. The van der Waals surface area contributed by atoms with Crippen LogP contribution in [0.15, 0.2) is 34.3 Å². The van der Waals surface area contributed by atoms with Crippen molar-refractivity contribution < 1.29 is 103 Å². The smallest absolute Gasteiger partial charge is 0.326 e. The van der Waals surface area contributed by atoms with Gasteiger partial charge in [-0.1, -0.05) is 60.6 Å². The van der Waals surface area contributed by atoms with Crippen LogP contribution in [-0.4, -0.2) is 260 Å². The molecule has 19 atom stereocenters. The average molecular weight is 1510 g/mol. The predicted octanol–water partition coefficient (Wildman–Crippen LogP) is -6.17. The van der Waals surface area contributed by atoms with Crippen LogP contribution < -0.4 is 76.9 Å². The molecule has 0 saturated heterocycles. The van der Waals surface area contributed by atoms with Gasteiger partial charge < -0.3 is 127 Å². The maximum Gasteiger partial charge on any atom is 0.326 e. The van der Waals surface area contributed by atoms with Gasteiger partial charge >= 0.3 is 5.97 Å². The molecule has 39 nitrogen and oxygen atoms in total. The minimum Gasteiger partial charge on any atom is -0.508 e. The number of nitrogens with one attached hydrogen (secondary N) is 8. The number of aliphatic carboxylic acids is 1. The number of nitrogens with zero attached hydrogens (tertiary/aromatic N) is 4. The molecule has 0 saturated carbocycles. The molecular weight excluding hydrogens is 1390 g/mol. The number of phenolic OH excluding ortho intramolecular Hbond substituents is 1. The number of phenols is 1. The minimum atomic E-state index is -2.50. The highest BCUT2D eigenvalue weighted by molar-refractivity contribution is 5.99. The molecule has 0 fully saturated rings. The summed E-state index contributed by atoms with van der Waals surface area (Å²) >= 11 is 0. The van der Waals surface area contributed by atoms with Crippen molar-refractivity contribution in [3.63, 3.8) is 0 Å². The van der Waals surface area contributed by atoms with E-state index in [9.17, 15) is 98.1 Å². The standard InChI is InChI=1S/C67H116N18O21/c1-30(2)27-33(6)51(91)34(7)55(94)76-35(8)56(95)77-41(17-15-25-74-66(70)71)52(92)53(93)62(101)80-47(32(5)29-46(69)90)59(98)81-49(38(11)87)61(100)82-48(37(10)86)60(99)78-42(18-16-26-75-67(72)73)57(96)79-43(28-31(3)4)63(102)85(13)44(23-24-45(68)89)58(97)83-50(64(103)84(12)36(9)65(104)105)54(106-14)39-19-21-40(88)22-20-39/h19-22,30-38,41-44,47-54,86-88,91-93H,15-18,23-29H2,1-14H3,(H2,68,89)(H2,69,90)(H,76,94)(H,77,95)(H,78,99)(H,79,96)(H,80,101)(H,81,98)(H,82,100)(H,83,97)(H,104,105)(H4,70,71,74)(H4,72,73,75)/t32-,33+,34+,35+,36-,37+,38+,41-,42+,43-,44-,47?,48?,49?,50?,51+,52+,53+,54+/m0/s1. The zero-order valence-corrected chi connectivity index (χ0v) is 62.8. The van der Waals surface area contributed by atoms with E-state index in [-0.39, 0.29) is 80.3 Å². The number of aliphatic imine (C=N–C) groups is 2. The Morgan fingerprint density at radius 1 is 0.491 bits per heavy atom. The lowest BCUT2D eigenvalue weighted by atomic mass is 9.87. The van der Waals surface area contributed by atoms with Gasteiger partial charge in [0.2, 0.25) is 65.0 Å². The van der Waals surface area contributed by atoms with Crippen molar-refractivity contribution in [1.82, 2.24) is 52.3 Å². The first-order valence-electron chi connectivity index (χ1n) is 34.8. The number of carbonyl (C=O) groups is 13. The molecule has 0 aromatic heterocycles. The van der Waals surface area contributed by atoms with Crippen molar-refractivity contribution in [2.75, 3.05) is 34.3 Å². The number of aliphatic hydroxyl groups is 5. The quantitative estimate of drug-likeness (QED) is 0.0164. The van der Waals surface area contributed by atoms with Gasteiger partial charge in [-0.15, -0.1) is 0 Å². The van der Waals surface area contributed by atoms with Crippen molar-refractivity contribution in [3.05, 3.63) is 29.8 Å². The molecule has 0 radical (unpaired) electrons. The van der Waals surface area contributed by atoms with Crippen LogP contribution in [0.2, 0.25) is 0 Å². The first-order valence-corrected chi connectivity index (χ1v) is 34.8. The Morgan fingerprint density at radius 2 is 0.972 bits per heavy atom. The highest BCUT2D eigenvalue weighted by atomic mass is 16.5. The Kier molecular flexibility index (Phi) is 40.7. The third-order valence-corrected chi connectivity index (χ3v) is 17.5. The van der Waals surface area contributed by atoms with Gasteiger partial charge in [0.25, 0.3) is 5.91 Å². The molecule has 0 aliphatic rings. The molecule has 39 heteroatoms. The molecule has 0 aliphatic heterocycles. The molecule has 0 bridgehead atoms. The van der Waals surface area contributed by atoms with E-state index in [4.69, 9.17) is 39.1 Å². The summed E-state index contributed by atoms with van der Waals surface area (Å²) in [6, 6.07) is -11.7. The number of nitrogens with two attached hydrogens (primary N) is 6. The van der Waals surface area contributed by atoms with Crippen molar-refractivity contribution in [1.29, 1.82) is 0 Å². The fraction of sp³-hybridized carbons (Fsp3) is 0.687. The molecule has 0 heterocycles. The van der Waals surface area contributed by atoms with E-state index in [1.165, 1.54) is 59.1 Å². The van der Waals surface area contributed by atoms with Crippen LogP contribution in [0.1, 0.15) is 146 Å². The molecular formula is C67H116N18O21. The van der Waals surface area contributed by atoms with Crippen LogP contribution in [0.25, 0.3) is 0 Å². The van der Waals surface area contributed by atoms with Gasteiger partial charge in [-0.05, 0) is 114 Å². The summed E-state index contributed by atoms with van der Waals surface area (Å²) in [7, 11) is 3.50. The second-order valence-corrected chi connectivity index (χ2v) is 27.6. The molecule has 0 aliphatic carbocycles. The van der Waals surface area contributed by atoms with Crippen molar-refractivity contribution in [3.8, 4) is 5.75 Å². The van der Waals surface area contributed by atoms with E-state index >= 15 is 0 Å². The molecule has 4 unspecified atom stereocenters. The fourth-order valence-electron chi connectivity index (χ4n) is 11.3. The Bertz CT molecular complexity index is 3170. The van der Waals surface area contributed by atoms with Gasteiger partial charge in [-0.2, -0.15) is 0 Å². The molecule has 27 N–H and O–H groups in total. The molecule has 1 rings (SSSR count). The number of guanidine groups is 2. The number of carboxylic acids is 1. The number of hydrogen-bond donors (Lipinski definition) is 21. The number of methoxy groups -OCH3 is 1. The highest BCUT2D eigenvalue weighted by Crippen LogP contribution is 2.27. The van der Waals surface area contributed by atoms with Crippen LogP contribution in [0.3, 0.4) is 0 Å². The summed E-state index contributed by atoms with van der Waals surface area (Å²) in [6.45, 7) is 16.1. The number of carboxylic acid groups (broad SMARTS) is 1. The number of amides is 12. The van der Waals surface area contributed by atoms with Crippen molar-refractivity contribution >= 4 is 88.8 Å². The van der Waals surface area contributed by atoms with E-state index in [0.717, 1.165) is 37.7 Å². The summed E-state index contributed by atoms with van der Waals surface area (Å²) in [5.74, 6) is -18.1. The van der Waals surface area contributed by atoms with E-state index in [1.54, 1.807) is 20.8 Å². The van der Waals surface area contributed by atoms with Gasteiger partial charge in [0.15, 0.2) is 18.0 Å². The zero-order valence-electron chi connectivity index (χ0n) is 62.8. The lowest BCUT2D eigenvalue weighted by Crippen LogP contribution is -2.64. The molecule has 1 aromatic rings. The molecule has 106 heavy (non-hydrogen) atoms. The van der Waals surface area contributed by atoms with Gasteiger partial charge in [-0.3, -0.25) is 67.5 Å². The van der Waals surface area contributed by atoms with Gasteiger partial charge in [0.1, 0.15) is 72.3 Å². The second-order valence-electron chi connectivity index (χ2n) is 27.6. The largest absolute Gasteiger partial charge is 0.508 e. The maximum atomic E-state index is 14.8. The second kappa shape index (κ2) is 45.7. The highest BCUT2D eigenvalue weighted by Gasteiger charge is 2.43. The number of aromatic hydroxyl groups is 1. The van der Waals surface area contributed by atoms with Crippen molar-refractivity contribution in [2.24, 2.45) is 74.0 Å². The SMILES string of the molecule is CO[C@H](c1ccc(O)cc1)C(NC(=O)[C@H](CCC(N)=O)N(C)C(=O)[C@H](CC(C)C)NC(=O)[C@@H](CCCN=C(N)N)NC(=O)C(NC(=O)C(NC(=O)C(NC(=O)[C@H](O)[C@H](O)[C@H](CCCN=C(N)N)NC(=O)[C@@H](C)NC(=O)[C@H](C)[C@H](O)[C@H](C)CC(C)C)[C@@H](C)CC(N)=O)[C@@H](C)O)[C@@H](C)O)C(=O)N(C)[C@@H](C)C(=O)O. The Labute approximate surface area is 616 Å². The summed E-state index contributed by atoms with van der Waals surface area (Å²) in [5.41, 5.74) is 33.2. The van der Waals surface area contributed by atoms with Gasteiger partial charge in [0.05, 0.1) is 30.3 Å². The minimum absolute atomic E-state index is 0.0213. The molecule has 0 spiro atoms. The summed E-state index contributed by atoms with van der Waals surface area (Å²) in [5, 5.41) is 95.0. The van der Waals surface area contributed by atoms with Crippen LogP contribution in [0.4, 0.5) is 0 Å². The lowest BCUT2D eigenvalue weighted by molar-refractivity contribution is -0.152. The van der Waals surface area contributed by atoms with Crippen LogP contribution in [0, 0.1) is 29.6 Å². The van der Waals surface area contributed by atoms with Crippen LogP contribution >= 0.6 is 0 Å². The van der Waals surface area contributed by atoms with E-state index in [0.29, 0.717) is 6.42 Å². The summed E-state index contributed by atoms with van der Waals surface area (Å²) in [6.07, 6.45) is -12.7. The summed E-state index contributed by atoms with van der Waals surface area (Å²) < 4.78 is 5.67. The van der Waals surface area contributed by atoms with Crippen LogP contribution in [-0.2, 0) is 67.1 Å². The number of benzene rings is 1.